The number of thiocarbonyl (C=S) groups is 1. The molecule has 0 aliphatic carbocycles. The molecule has 1 aromatic carbocycles. The van der Waals surface area contributed by atoms with Crippen molar-refractivity contribution in [3.63, 3.8) is 0 Å². The Balaban J connectivity index is 2.13. The van der Waals surface area contributed by atoms with E-state index in [2.05, 4.69) is 44.3 Å². The molecule has 22 heavy (non-hydrogen) atoms. The standard InChI is InChI=1S/C16H24N2O2S2/c1-4-6-18(15-5-7-22(19,20)11-15)16(21)17-14-9-12(2)8-13(3)10-14/h8-10,15H,4-7,11H2,1-3H3,(H,17,21)/t15-/m1/s1. The first-order valence-electron chi connectivity index (χ1n) is 7.67. The van der Waals surface area contributed by atoms with Gasteiger partial charge in [0.15, 0.2) is 14.9 Å². The Bertz CT molecular complexity index is 636. The first-order chi connectivity index (χ1) is 10.3. The fraction of sp³-hybridized carbons (Fsp3) is 0.562. The molecule has 0 spiro atoms. The lowest BCUT2D eigenvalue weighted by atomic mass is 10.1. The topological polar surface area (TPSA) is 49.4 Å². The van der Waals surface area contributed by atoms with E-state index in [1.54, 1.807) is 0 Å². The van der Waals surface area contributed by atoms with Crippen molar-refractivity contribution in [3.05, 3.63) is 29.3 Å². The molecule has 1 fully saturated rings. The predicted molar refractivity (Wildman–Crippen MR) is 96.2 cm³/mol. The second kappa shape index (κ2) is 6.96. The summed E-state index contributed by atoms with van der Waals surface area (Å²) >= 11 is 5.54. The van der Waals surface area contributed by atoms with Crippen molar-refractivity contribution in [1.29, 1.82) is 0 Å². The Labute approximate surface area is 138 Å². The van der Waals surface area contributed by atoms with Crippen LogP contribution in [0.2, 0.25) is 0 Å². The minimum absolute atomic E-state index is 0.00384. The number of sulfone groups is 1. The molecule has 2 rings (SSSR count). The molecule has 0 radical (unpaired) electrons. The summed E-state index contributed by atoms with van der Waals surface area (Å²) < 4.78 is 23.5. The molecule has 6 heteroatoms. The molecule has 4 nitrogen and oxygen atoms in total. The highest BCUT2D eigenvalue weighted by atomic mass is 32.2. The molecule has 1 heterocycles. The van der Waals surface area contributed by atoms with Gasteiger partial charge in [0.1, 0.15) is 0 Å². The van der Waals surface area contributed by atoms with Gasteiger partial charge in [-0.2, -0.15) is 0 Å². The van der Waals surface area contributed by atoms with Crippen molar-refractivity contribution in [2.75, 3.05) is 23.4 Å². The average molecular weight is 341 g/mol. The molecule has 0 saturated carbocycles. The highest BCUT2D eigenvalue weighted by molar-refractivity contribution is 7.91. The van der Waals surface area contributed by atoms with Gasteiger partial charge >= 0.3 is 0 Å². The van der Waals surface area contributed by atoms with Crippen molar-refractivity contribution < 1.29 is 8.42 Å². The molecule has 0 bridgehead atoms. The van der Waals surface area contributed by atoms with Crippen LogP contribution < -0.4 is 5.32 Å². The highest BCUT2D eigenvalue weighted by Crippen LogP contribution is 2.20. The molecule has 1 saturated heterocycles. The van der Waals surface area contributed by atoms with Gasteiger partial charge in [-0.3, -0.25) is 0 Å². The third-order valence-corrected chi connectivity index (χ3v) is 5.93. The second-order valence-corrected chi connectivity index (χ2v) is 8.67. The van der Waals surface area contributed by atoms with Gasteiger partial charge in [-0.15, -0.1) is 0 Å². The van der Waals surface area contributed by atoms with Gasteiger partial charge in [0.2, 0.25) is 0 Å². The number of anilines is 1. The third kappa shape index (κ3) is 4.43. The molecule has 1 N–H and O–H groups in total. The molecule has 0 amide bonds. The van der Waals surface area contributed by atoms with Crippen LogP contribution in [0.3, 0.4) is 0 Å². The van der Waals surface area contributed by atoms with E-state index in [9.17, 15) is 8.42 Å². The van der Waals surface area contributed by atoms with Crippen LogP contribution in [-0.2, 0) is 9.84 Å². The van der Waals surface area contributed by atoms with E-state index < -0.39 is 9.84 Å². The zero-order valence-electron chi connectivity index (χ0n) is 13.4. The van der Waals surface area contributed by atoms with Crippen molar-refractivity contribution >= 4 is 32.9 Å². The van der Waals surface area contributed by atoms with Crippen LogP contribution in [0.4, 0.5) is 5.69 Å². The molecule has 1 aliphatic heterocycles. The van der Waals surface area contributed by atoms with Crippen LogP contribution in [0.15, 0.2) is 18.2 Å². The van der Waals surface area contributed by atoms with Crippen LogP contribution in [0.25, 0.3) is 0 Å². The van der Waals surface area contributed by atoms with E-state index >= 15 is 0 Å². The minimum atomic E-state index is -2.91. The normalized spacial score (nSPS) is 19.9. The summed E-state index contributed by atoms with van der Waals surface area (Å²) in [5.41, 5.74) is 3.32. The zero-order valence-corrected chi connectivity index (χ0v) is 15.1. The van der Waals surface area contributed by atoms with Gasteiger partial charge in [-0.25, -0.2) is 8.42 Å². The molecular formula is C16H24N2O2S2. The number of hydrogen-bond acceptors (Lipinski definition) is 3. The summed E-state index contributed by atoms with van der Waals surface area (Å²) in [5, 5.41) is 3.89. The number of nitrogens with one attached hydrogen (secondary N) is 1. The van der Waals surface area contributed by atoms with Crippen LogP contribution in [-0.4, -0.2) is 42.5 Å². The predicted octanol–water partition coefficient (Wildman–Crippen LogP) is 2.90. The van der Waals surface area contributed by atoms with Gasteiger partial charge in [0, 0.05) is 18.3 Å². The molecule has 1 atom stereocenters. The summed E-state index contributed by atoms with van der Waals surface area (Å²) in [6, 6.07) is 6.21. The van der Waals surface area contributed by atoms with Crippen molar-refractivity contribution in [3.8, 4) is 0 Å². The Kier molecular flexibility index (Phi) is 5.45. The molecule has 1 aliphatic rings. The molecule has 1 aromatic rings. The maximum absolute atomic E-state index is 11.7. The summed E-state index contributed by atoms with van der Waals surface area (Å²) in [7, 11) is -2.91. The van der Waals surface area contributed by atoms with E-state index in [1.807, 2.05) is 4.90 Å². The molecular weight excluding hydrogens is 316 g/mol. The van der Waals surface area contributed by atoms with Crippen molar-refractivity contribution in [2.24, 2.45) is 0 Å². The molecule has 0 unspecified atom stereocenters. The van der Waals surface area contributed by atoms with E-state index in [-0.39, 0.29) is 17.5 Å². The minimum Gasteiger partial charge on any atom is -0.345 e. The quantitative estimate of drug-likeness (QED) is 0.854. The highest BCUT2D eigenvalue weighted by Gasteiger charge is 2.33. The maximum atomic E-state index is 11.7. The summed E-state index contributed by atoms with van der Waals surface area (Å²) in [5.74, 6) is 0.478. The largest absolute Gasteiger partial charge is 0.345 e. The first kappa shape index (κ1) is 17.2. The first-order valence-corrected chi connectivity index (χ1v) is 9.90. The van der Waals surface area contributed by atoms with Crippen molar-refractivity contribution in [2.45, 2.75) is 39.7 Å². The van der Waals surface area contributed by atoms with Crippen molar-refractivity contribution in [1.82, 2.24) is 4.90 Å². The Morgan fingerprint density at radius 1 is 1.32 bits per heavy atom. The van der Waals surface area contributed by atoms with E-state index in [0.717, 1.165) is 18.7 Å². The monoisotopic (exact) mass is 340 g/mol. The van der Waals surface area contributed by atoms with Gasteiger partial charge in [0.25, 0.3) is 0 Å². The van der Waals surface area contributed by atoms with Gasteiger partial charge < -0.3 is 10.2 Å². The number of hydrogen-bond donors (Lipinski definition) is 1. The SMILES string of the molecule is CCCN(C(=S)Nc1cc(C)cc(C)c1)[C@@H]1CCS(=O)(=O)C1. The van der Waals surface area contributed by atoms with Gasteiger partial charge in [0.05, 0.1) is 11.5 Å². The Hall–Kier alpha value is -1.14. The second-order valence-electron chi connectivity index (χ2n) is 6.06. The van der Waals surface area contributed by atoms with Gasteiger partial charge in [-0.1, -0.05) is 13.0 Å². The van der Waals surface area contributed by atoms with E-state index in [0.29, 0.717) is 11.5 Å². The van der Waals surface area contributed by atoms with Crippen LogP contribution in [0, 0.1) is 13.8 Å². The van der Waals surface area contributed by atoms with Gasteiger partial charge in [-0.05, 0) is 62.2 Å². The fourth-order valence-corrected chi connectivity index (χ4v) is 5.04. The average Bonchev–Trinajstić information content (AvgIpc) is 2.74. The number of nitrogens with zero attached hydrogens (tertiary/aromatic N) is 1. The maximum Gasteiger partial charge on any atom is 0.173 e. The van der Waals surface area contributed by atoms with Crippen LogP contribution in [0.1, 0.15) is 30.9 Å². The van der Waals surface area contributed by atoms with E-state index in [1.165, 1.54) is 11.1 Å². The third-order valence-electron chi connectivity index (χ3n) is 3.85. The van der Waals surface area contributed by atoms with E-state index in [4.69, 9.17) is 12.2 Å². The molecule has 0 aromatic heterocycles. The number of benzene rings is 1. The Morgan fingerprint density at radius 3 is 2.45 bits per heavy atom. The van der Waals surface area contributed by atoms with Crippen LogP contribution in [0.5, 0.6) is 0 Å². The number of aryl methyl sites for hydroxylation is 2. The summed E-state index contributed by atoms with van der Waals surface area (Å²) in [6.07, 6.45) is 1.60. The molecule has 122 valence electrons. The number of rotatable bonds is 4. The smallest absolute Gasteiger partial charge is 0.173 e. The summed E-state index contributed by atoms with van der Waals surface area (Å²) in [4.78, 5) is 2.04. The lowest BCUT2D eigenvalue weighted by Gasteiger charge is -2.30. The van der Waals surface area contributed by atoms with Crippen LogP contribution >= 0.6 is 12.2 Å². The Morgan fingerprint density at radius 2 is 1.95 bits per heavy atom. The lowest BCUT2D eigenvalue weighted by Crippen LogP contribution is -2.43. The summed E-state index contributed by atoms with van der Waals surface area (Å²) in [6.45, 7) is 6.95. The lowest BCUT2D eigenvalue weighted by molar-refractivity contribution is 0.339. The fourth-order valence-electron chi connectivity index (χ4n) is 2.95. The zero-order chi connectivity index (χ0) is 16.3.